The smallest absolute Gasteiger partial charge is 0.244 e. The van der Waals surface area contributed by atoms with Crippen molar-refractivity contribution in [1.29, 1.82) is 0 Å². The Labute approximate surface area is 128 Å². The maximum absolute atomic E-state index is 12.2. The zero-order valence-corrected chi connectivity index (χ0v) is 12.4. The first-order valence-corrected chi connectivity index (χ1v) is 7.11. The van der Waals surface area contributed by atoms with Gasteiger partial charge in [-0.3, -0.25) is 4.79 Å². The molecule has 3 rings (SSSR count). The minimum Gasteiger partial charge on any atom is -0.338 e. The van der Waals surface area contributed by atoms with E-state index >= 15 is 0 Å². The molecule has 4 heteroatoms. The van der Waals surface area contributed by atoms with Crippen LogP contribution in [-0.4, -0.2) is 10.5 Å². The van der Waals surface area contributed by atoms with E-state index in [0.29, 0.717) is 5.02 Å². The van der Waals surface area contributed by atoms with Crippen LogP contribution in [0.2, 0.25) is 5.02 Å². The number of carbonyl (C=O) groups is 1. The number of aryl methyl sites for hydroxylation is 1. The summed E-state index contributed by atoms with van der Waals surface area (Å²) in [6.07, 6.45) is 1.90. The van der Waals surface area contributed by atoms with Crippen LogP contribution in [0.3, 0.4) is 0 Å². The Bertz CT molecular complexity index is 807. The Hall–Kier alpha value is -2.26. The third kappa shape index (κ3) is 2.93. The number of hydrogen-bond acceptors (Lipinski definition) is 1. The monoisotopic (exact) mass is 298 g/mol. The minimum atomic E-state index is -0.0539. The van der Waals surface area contributed by atoms with Gasteiger partial charge in [0, 0.05) is 22.4 Å². The summed E-state index contributed by atoms with van der Waals surface area (Å²) in [6, 6.07) is 15.4. The van der Waals surface area contributed by atoms with Gasteiger partial charge in [0.2, 0.25) is 5.91 Å². The summed E-state index contributed by atoms with van der Waals surface area (Å²) in [7, 11) is 0. The highest BCUT2D eigenvalue weighted by atomic mass is 35.5. The Morgan fingerprint density at radius 2 is 2.00 bits per heavy atom. The predicted molar refractivity (Wildman–Crippen MR) is 86.8 cm³/mol. The van der Waals surface area contributed by atoms with Crippen LogP contribution in [-0.2, 0) is 11.3 Å². The van der Waals surface area contributed by atoms with Crippen molar-refractivity contribution in [3.05, 3.63) is 65.3 Å². The summed E-state index contributed by atoms with van der Waals surface area (Å²) >= 11 is 6.02. The molecule has 0 atom stereocenters. The molecular weight excluding hydrogens is 284 g/mol. The molecule has 1 amide bonds. The number of amides is 1. The van der Waals surface area contributed by atoms with E-state index in [2.05, 4.69) is 5.32 Å². The molecule has 3 aromatic rings. The number of carbonyl (C=O) groups excluding carboxylic acids is 1. The highest BCUT2D eigenvalue weighted by Gasteiger charge is 2.08. The maximum atomic E-state index is 12.2. The molecule has 3 nitrogen and oxygen atoms in total. The molecule has 0 bridgehead atoms. The molecule has 0 spiro atoms. The van der Waals surface area contributed by atoms with E-state index in [1.807, 2.05) is 66.2 Å². The van der Waals surface area contributed by atoms with Crippen LogP contribution in [0.4, 0.5) is 5.69 Å². The van der Waals surface area contributed by atoms with Gasteiger partial charge in [0.1, 0.15) is 6.54 Å². The van der Waals surface area contributed by atoms with Crippen molar-refractivity contribution in [1.82, 2.24) is 4.57 Å². The fourth-order valence-corrected chi connectivity index (χ4v) is 2.52. The SMILES string of the molecule is Cc1ccccc1NC(=O)Cn1ccc2ccc(Cl)cc21. The zero-order valence-electron chi connectivity index (χ0n) is 11.6. The summed E-state index contributed by atoms with van der Waals surface area (Å²) in [5.41, 5.74) is 2.85. The number of fused-ring (bicyclic) bond motifs is 1. The fourth-order valence-electron chi connectivity index (χ4n) is 2.35. The lowest BCUT2D eigenvalue weighted by Crippen LogP contribution is -2.18. The summed E-state index contributed by atoms with van der Waals surface area (Å²) in [5, 5.41) is 4.68. The van der Waals surface area contributed by atoms with Gasteiger partial charge in [-0.2, -0.15) is 0 Å². The summed E-state index contributed by atoms with van der Waals surface area (Å²) < 4.78 is 1.90. The molecule has 0 saturated carbocycles. The van der Waals surface area contributed by atoms with E-state index in [1.165, 1.54) is 0 Å². The number of nitrogens with one attached hydrogen (secondary N) is 1. The lowest BCUT2D eigenvalue weighted by atomic mass is 10.2. The number of rotatable bonds is 3. The van der Waals surface area contributed by atoms with Gasteiger partial charge < -0.3 is 9.88 Å². The largest absolute Gasteiger partial charge is 0.338 e. The molecule has 0 aliphatic carbocycles. The second-order valence-electron chi connectivity index (χ2n) is 5.01. The topological polar surface area (TPSA) is 34.0 Å². The number of anilines is 1. The highest BCUT2D eigenvalue weighted by molar-refractivity contribution is 6.31. The average Bonchev–Trinajstić information content (AvgIpc) is 2.84. The molecule has 0 fully saturated rings. The molecule has 1 aromatic heterocycles. The van der Waals surface area contributed by atoms with Gasteiger partial charge >= 0.3 is 0 Å². The van der Waals surface area contributed by atoms with Gasteiger partial charge in [0.05, 0.1) is 0 Å². The van der Waals surface area contributed by atoms with Crippen LogP contribution in [0.15, 0.2) is 54.7 Å². The Morgan fingerprint density at radius 1 is 1.19 bits per heavy atom. The van der Waals surface area contributed by atoms with Gasteiger partial charge in [-0.1, -0.05) is 35.9 Å². The number of aromatic nitrogens is 1. The van der Waals surface area contributed by atoms with E-state index in [1.54, 1.807) is 0 Å². The van der Waals surface area contributed by atoms with Crippen LogP contribution < -0.4 is 5.32 Å². The number of para-hydroxylation sites is 1. The van der Waals surface area contributed by atoms with Crippen LogP contribution in [0.1, 0.15) is 5.56 Å². The van der Waals surface area contributed by atoms with E-state index in [9.17, 15) is 4.79 Å². The average molecular weight is 299 g/mol. The normalized spacial score (nSPS) is 10.8. The van der Waals surface area contributed by atoms with E-state index < -0.39 is 0 Å². The number of nitrogens with zero attached hydrogens (tertiary/aromatic N) is 1. The lowest BCUT2D eigenvalue weighted by Gasteiger charge is -2.09. The number of hydrogen-bond donors (Lipinski definition) is 1. The third-order valence-corrected chi connectivity index (χ3v) is 3.70. The summed E-state index contributed by atoms with van der Waals surface area (Å²) in [5.74, 6) is -0.0539. The van der Waals surface area contributed by atoms with Crippen molar-refractivity contribution in [2.24, 2.45) is 0 Å². The zero-order chi connectivity index (χ0) is 14.8. The maximum Gasteiger partial charge on any atom is 0.244 e. The van der Waals surface area contributed by atoms with E-state index in [0.717, 1.165) is 22.2 Å². The minimum absolute atomic E-state index is 0.0539. The molecule has 0 aliphatic heterocycles. The molecule has 106 valence electrons. The van der Waals surface area contributed by atoms with Crippen molar-refractivity contribution in [2.75, 3.05) is 5.32 Å². The second kappa shape index (κ2) is 5.62. The molecule has 0 unspecified atom stereocenters. The molecular formula is C17H15ClN2O. The van der Waals surface area contributed by atoms with E-state index in [4.69, 9.17) is 11.6 Å². The number of halogens is 1. The van der Waals surface area contributed by atoms with Crippen LogP contribution in [0.5, 0.6) is 0 Å². The van der Waals surface area contributed by atoms with Gasteiger partial charge in [-0.05, 0) is 42.1 Å². The Morgan fingerprint density at radius 3 is 2.81 bits per heavy atom. The Kier molecular flexibility index (Phi) is 3.67. The molecule has 0 radical (unpaired) electrons. The van der Waals surface area contributed by atoms with Crippen LogP contribution in [0.25, 0.3) is 10.9 Å². The lowest BCUT2D eigenvalue weighted by molar-refractivity contribution is -0.116. The summed E-state index contributed by atoms with van der Waals surface area (Å²) in [6.45, 7) is 2.23. The van der Waals surface area contributed by atoms with Crippen molar-refractivity contribution < 1.29 is 4.79 Å². The molecule has 21 heavy (non-hydrogen) atoms. The van der Waals surface area contributed by atoms with Crippen molar-refractivity contribution in [3.63, 3.8) is 0 Å². The summed E-state index contributed by atoms with van der Waals surface area (Å²) in [4.78, 5) is 12.2. The van der Waals surface area contributed by atoms with Gasteiger partial charge in [-0.25, -0.2) is 0 Å². The van der Waals surface area contributed by atoms with Crippen LogP contribution in [0, 0.1) is 6.92 Å². The van der Waals surface area contributed by atoms with Gasteiger partial charge in [0.25, 0.3) is 0 Å². The van der Waals surface area contributed by atoms with Crippen molar-refractivity contribution in [3.8, 4) is 0 Å². The van der Waals surface area contributed by atoms with Gasteiger partial charge in [-0.15, -0.1) is 0 Å². The first-order valence-electron chi connectivity index (χ1n) is 6.73. The Balaban J connectivity index is 1.80. The standard InChI is InChI=1S/C17H15ClN2O/c1-12-4-2-3-5-15(12)19-17(21)11-20-9-8-13-6-7-14(18)10-16(13)20/h2-10H,11H2,1H3,(H,19,21). The third-order valence-electron chi connectivity index (χ3n) is 3.47. The second-order valence-corrected chi connectivity index (χ2v) is 5.45. The quantitative estimate of drug-likeness (QED) is 0.771. The van der Waals surface area contributed by atoms with Crippen molar-refractivity contribution >= 4 is 34.1 Å². The predicted octanol–water partition coefficient (Wildman–Crippen LogP) is 4.24. The molecule has 1 N–H and O–H groups in total. The van der Waals surface area contributed by atoms with Crippen LogP contribution >= 0.6 is 11.6 Å². The molecule has 0 aliphatic rings. The number of benzene rings is 2. The first kappa shape index (κ1) is 13.7. The first-order chi connectivity index (χ1) is 10.1. The van der Waals surface area contributed by atoms with E-state index in [-0.39, 0.29) is 12.5 Å². The molecule has 2 aromatic carbocycles. The highest BCUT2D eigenvalue weighted by Crippen LogP contribution is 2.21. The van der Waals surface area contributed by atoms with Crippen molar-refractivity contribution in [2.45, 2.75) is 13.5 Å². The van der Waals surface area contributed by atoms with Gasteiger partial charge in [0.15, 0.2) is 0 Å². The molecule has 1 heterocycles. The molecule has 0 saturated heterocycles. The fraction of sp³-hybridized carbons (Fsp3) is 0.118.